The molecule has 1 amide bonds. The summed E-state index contributed by atoms with van der Waals surface area (Å²) >= 11 is 6.34. The lowest BCUT2D eigenvalue weighted by Gasteiger charge is -2.25. The van der Waals surface area contributed by atoms with Crippen LogP contribution in [0.25, 0.3) is 5.76 Å². The lowest BCUT2D eigenvalue weighted by atomic mass is 9.95. The fourth-order valence-corrected chi connectivity index (χ4v) is 3.67. The van der Waals surface area contributed by atoms with Crippen LogP contribution in [0.4, 0.5) is 0 Å². The summed E-state index contributed by atoms with van der Waals surface area (Å²) in [6, 6.07) is 12.2. The number of amides is 1. The molecule has 30 heavy (non-hydrogen) atoms. The predicted molar refractivity (Wildman–Crippen MR) is 110 cm³/mol. The number of ketones is 1. The highest BCUT2D eigenvalue weighted by molar-refractivity contribution is 6.47. The van der Waals surface area contributed by atoms with Crippen LogP contribution in [0, 0.1) is 0 Å². The zero-order chi connectivity index (χ0) is 21.8. The van der Waals surface area contributed by atoms with Gasteiger partial charge in [-0.05, 0) is 42.3 Å². The van der Waals surface area contributed by atoms with Crippen LogP contribution >= 0.6 is 11.6 Å². The summed E-state index contributed by atoms with van der Waals surface area (Å²) < 4.78 is 5.11. The molecular formula is C22H20ClNO6. The number of ether oxygens (including phenoxy) is 1. The molecule has 0 aromatic heterocycles. The van der Waals surface area contributed by atoms with Crippen LogP contribution in [0.5, 0.6) is 5.75 Å². The number of hydrogen-bond donors (Lipinski definition) is 2. The number of aliphatic hydroxyl groups excluding tert-OH is 1. The number of methoxy groups -OCH3 is 1. The van der Waals surface area contributed by atoms with Crippen LogP contribution in [0.15, 0.2) is 54.1 Å². The fourth-order valence-electron chi connectivity index (χ4n) is 3.44. The predicted octanol–water partition coefficient (Wildman–Crippen LogP) is 3.64. The number of aliphatic carboxylic acids is 1. The standard InChI is InChI=1S/C22H20ClNO6/c1-30-14-10-8-13(9-11-14)20(27)18-19(15-5-2-3-6-16(15)23)24(22(29)21(18)28)12-4-7-17(25)26/h2-3,5-6,8-11,19,27H,4,7,12H2,1H3,(H,25,26)/b20-18-. The molecule has 2 aromatic carbocycles. The van der Waals surface area contributed by atoms with E-state index in [0.717, 1.165) is 0 Å². The van der Waals surface area contributed by atoms with Gasteiger partial charge in [0.25, 0.3) is 11.7 Å². The Bertz CT molecular complexity index is 1010. The minimum Gasteiger partial charge on any atom is -0.507 e. The average molecular weight is 430 g/mol. The molecular weight excluding hydrogens is 410 g/mol. The maximum absolute atomic E-state index is 12.9. The Hall–Kier alpha value is -3.32. The number of nitrogens with zero attached hydrogens (tertiary/aromatic N) is 1. The van der Waals surface area contributed by atoms with E-state index in [1.807, 2.05) is 0 Å². The van der Waals surface area contributed by atoms with Gasteiger partial charge in [0.05, 0.1) is 18.7 Å². The van der Waals surface area contributed by atoms with Gasteiger partial charge in [-0.3, -0.25) is 14.4 Å². The molecule has 0 spiro atoms. The molecule has 3 rings (SSSR count). The summed E-state index contributed by atoms with van der Waals surface area (Å²) in [5.74, 6) is -2.41. The Morgan fingerprint density at radius 2 is 1.77 bits per heavy atom. The van der Waals surface area contributed by atoms with Crippen LogP contribution in [0.3, 0.4) is 0 Å². The molecule has 0 radical (unpaired) electrons. The summed E-state index contributed by atoms with van der Waals surface area (Å²) in [6.45, 7) is 0.0339. The molecule has 1 unspecified atom stereocenters. The monoisotopic (exact) mass is 429 g/mol. The number of Topliss-reactive ketones (excluding diaryl/α,β-unsaturated/α-hetero) is 1. The van der Waals surface area contributed by atoms with Crippen molar-refractivity contribution in [3.8, 4) is 5.75 Å². The van der Waals surface area contributed by atoms with Crippen molar-refractivity contribution in [3.05, 3.63) is 70.3 Å². The number of rotatable bonds is 7. The van der Waals surface area contributed by atoms with Crippen molar-refractivity contribution in [1.29, 1.82) is 0 Å². The highest BCUT2D eigenvalue weighted by Gasteiger charge is 2.46. The molecule has 1 atom stereocenters. The third-order valence-electron chi connectivity index (χ3n) is 4.89. The summed E-state index contributed by atoms with van der Waals surface area (Å²) in [7, 11) is 1.51. The molecule has 1 fully saturated rings. The summed E-state index contributed by atoms with van der Waals surface area (Å²) in [4.78, 5) is 37.7. The molecule has 1 aliphatic rings. The Morgan fingerprint density at radius 3 is 2.37 bits per heavy atom. The van der Waals surface area contributed by atoms with Gasteiger partial charge in [0.1, 0.15) is 11.5 Å². The molecule has 0 saturated carbocycles. The maximum Gasteiger partial charge on any atom is 0.303 e. The van der Waals surface area contributed by atoms with E-state index in [-0.39, 0.29) is 30.7 Å². The smallest absolute Gasteiger partial charge is 0.303 e. The van der Waals surface area contributed by atoms with Crippen LogP contribution < -0.4 is 4.74 Å². The third-order valence-corrected chi connectivity index (χ3v) is 5.24. The van der Waals surface area contributed by atoms with Crippen molar-refractivity contribution < 1.29 is 29.3 Å². The number of carboxylic acids is 1. The zero-order valence-electron chi connectivity index (χ0n) is 16.2. The summed E-state index contributed by atoms with van der Waals surface area (Å²) in [5.41, 5.74) is 0.730. The summed E-state index contributed by atoms with van der Waals surface area (Å²) in [6.07, 6.45) is 0.00258. The minimum absolute atomic E-state index is 0.0339. The van der Waals surface area contributed by atoms with Gasteiger partial charge in [-0.2, -0.15) is 0 Å². The Balaban J connectivity index is 2.10. The maximum atomic E-state index is 12.9. The van der Waals surface area contributed by atoms with Crippen molar-refractivity contribution in [2.45, 2.75) is 18.9 Å². The summed E-state index contributed by atoms with van der Waals surface area (Å²) in [5, 5.41) is 20.2. The van der Waals surface area contributed by atoms with Gasteiger partial charge in [0.2, 0.25) is 0 Å². The van der Waals surface area contributed by atoms with E-state index in [9.17, 15) is 19.5 Å². The first kappa shape index (κ1) is 21.4. The average Bonchev–Trinajstić information content (AvgIpc) is 2.98. The molecule has 2 N–H and O–H groups in total. The number of benzene rings is 2. The van der Waals surface area contributed by atoms with Gasteiger partial charge < -0.3 is 19.8 Å². The van der Waals surface area contributed by atoms with E-state index in [1.165, 1.54) is 12.0 Å². The number of carbonyl (C=O) groups excluding carboxylic acids is 2. The lowest BCUT2D eigenvalue weighted by molar-refractivity contribution is -0.140. The number of carbonyl (C=O) groups is 3. The molecule has 0 aliphatic carbocycles. The zero-order valence-corrected chi connectivity index (χ0v) is 16.9. The van der Waals surface area contributed by atoms with E-state index >= 15 is 0 Å². The number of aliphatic hydroxyl groups is 1. The molecule has 7 nitrogen and oxygen atoms in total. The first-order valence-electron chi connectivity index (χ1n) is 9.24. The highest BCUT2D eigenvalue weighted by Crippen LogP contribution is 2.41. The molecule has 2 aromatic rings. The Labute approximate surface area is 178 Å². The van der Waals surface area contributed by atoms with E-state index in [0.29, 0.717) is 21.9 Å². The normalized spacial score (nSPS) is 17.9. The van der Waals surface area contributed by atoms with Crippen molar-refractivity contribution in [2.75, 3.05) is 13.7 Å². The first-order chi connectivity index (χ1) is 14.3. The number of likely N-dealkylation sites (tertiary alicyclic amines) is 1. The quantitative estimate of drug-likeness (QED) is 0.395. The Morgan fingerprint density at radius 1 is 1.10 bits per heavy atom. The van der Waals surface area contributed by atoms with Crippen molar-refractivity contribution in [3.63, 3.8) is 0 Å². The SMILES string of the molecule is COc1ccc(/C(O)=C2/C(=O)C(=O)N(CCCC(=O)O)C2c2ccccc2Cl)cc1. The third kappa shape index (κ3) is 4.16. The van der Waals surface area contributed by atoms with Gasteiger partial charge in [-0.1, -0.05) is 29.8 Å². The van der Waals surface area contributed by atoms with Crippen LogP contribution in [-0.2, 0) is 14.4 Å². The van der Waals surface area contributed by atoms with Crippen molar-refractivity contribution in [1.82, 2.24) is 4.90 Å². The fraction of sp³-hybridized carbons (Fsp3) is 0.227. The molecule has 156 valence electrons. The lowest BCUT2D eigenvalue weighted by Crippen LogP contribution is -2.31. The van der Waals surface area contributed by atoms with Crippen LogP contribution in [-0.4, -0.2) is 46.4 Å². The minimum atomic E-state index is -1.00. The second kappa shape index (κ2) is 9.00. The van der Waals surface area contributed by atoms with Gasteiger partial charge in [0, 0.05) is 23.6 Å². The second-order valence-electron chi connectivity index (χ2n) is 6.74. The van der Waals surface area contributed by atoms with E-state index < -0.39 is 23.7 Å². The van der Waals surface area contributed by atoms with Gasteiger partial charge in [-0.25, -0.2) is 0 Å². The van der Waals surface area contributed by atoms with Gasteiger partial charge in [0.15, 0.2) is 0 Å². The molecule has 1 saturated heterocycles. The largest absolute Gasteiger partial charge is 0.507 e. The first-order valence-corrected chi connectivity index (χ1v) is 9.62. The number of hydrogen-bond acceptors (Lipinski definition) is 5. The molecule has 0 bridgehead atoms. The highest BCUT2D eigenvalue weighted by atomic mass is 35.5. The van der Waals surface area contributed by atoms with E-state index in [4.69, 9.17) is 21.4 Å². The van der Waals surface area contributed by atoms with Crippen LogP contribution in [0.2, 0.25) is 5.02 Å². The topological polar surface area (TPSA) is 104 Å². The number of carboxylic acid groups (broad SMARTS) is 1. The van der Waals surface area contributed by atoms with E-state index in [2.05, 4.69) is 0 Å². The van der Waals surface area contributed by atoms with Crippen molar-refractivity contribution >= 4 is 35.0 Å². The van der Waals surface area contributed by atoms with Gasteiger partial charge >= 0.3 is 5.97 Å². The molecule has 8 heteroatoms. The van der Waals surface area contributed by atoms with Crippen LogP contribution in [0.1, 0.15) is 30.0 Å². The Kier molecular flexibility index (Phi) is 6.42. The molecule has 1 heterocycles. The second-order valence-corrected chi connectivity index (χ2v) is 7.15. The molecule has 1 aliphatic heterocycles. The van der Waals surface area contributed by atoms with E-state index in [1.54, 1.807) is 48.5 Å². The number of halogens is 1. The van der Waals surface area contributed by atoms with Gasteiger partial charge in [-0.15, -0.1) is 0 Å². The van der Waals surface area contributed by atoms with Crippen molar-refractivity contribution in [2.24, 2.45) is 0 Å².